The second-order valence-corrected chi connectivity index (χ2v) is 17.1. The summed E-state index contributed by atoms with van der Waals surface area (Å²) in [5, 5.41) is 2.51. The van der Waals surface area contributed by atoms with Crippen LogP contribution in [0.5, 0.6) is 0 Å². The van der Waals surface area contributed by atoms with Crippen molar-refractivity contribution in [2.24, 2.45) is 0 Å². The third kappa shape index (κ3) is 5.11. The Kier molecular flexibility index (Phi) is 8.06. The van der Waals surface area contributed by atoms with Crippen LogP contribution in [0.1, 0.15) is 47.2 Å². The maximum Gasteiger partial charge on any atom is 0.0750 e. The van der Waals surface area contributed by atoms with Crippen LogP contribution in [0.3, 0.4) is 0 Å². The monoisotopic (exact) mass is 759 g/mol. The minimum Gasteiger partial charge on any atom is -0.309 e. The highest BCUT2D eigenvalue weighted by Gasteiger charge is 2.48. The Morgan fingerprint density at radius 3 is 1.76 bits per heavy atom. The van der Waals surface area contributed by atoms with Gasteiger partial charge in [0, 0.05) is 32.0 Å². The molecule has 0 saturated heterocycles. The van der Waals surface area contributed by atoms with Crippen molar-refractivity contribution in [2.75, 3.05) is 4.90 Å². The van der Waals surface area contributed by atoms with E-state index in [1.54, 1.807) is 0 Å². The summed E-state index contributed by atoms with van der Waals surface area (Å²) in [7, 11) is 0. The SMILES string of the molecule is CC1(C)c2ccccc2-c2ccc(N(c3ccccc3-c3ccccc3)c3cccc4c3C(c3ccccc3)(c3ccccc3)c3c(ccc5ccccc35)S4)cc21. The molecular weight excluding hydrogens is 719 g/mol. The molecule has 1 heterocycles. The van der Waals surface area contributed by atoms with E-state index >= 15 is 0 Å². The third-order valence-corrected chi connectivity index (χ3v) is 13.7. The van der Waals surface area contributed by atoms with Crippen LogP contribution in [0.15, 0.2) is 222 Å². The lowest BCUT2D eigenvalue weighted by atomic mass is 9.63. The minimum absolute atomic E-state index is 0.159. The van der Waals surface area contributed by atoms with Gasteiger partial charge in [-0.2, -0.15) is 0 Å². The quantitative estimate of drug-likeness (QED) is 0.166. The first-order chi connectivity index (χ1) is 28.5. The summed E-state index contributed by atoms with van der Waals surface area (Å²) in [4.78, 5) is 5.10. The predicted octanol–water partition coefficient (Wildman–Crippen LogP) is 15.1. The molecule has 0 fully saturated rings. The fourth-order valence-electron chi connectivity index (χ4n) is 10.0. The lowest BCUT2D eigenvalue weighted by Gasteiger charge is -2.45. The molecule has 276 valence electrons. The molecule has 1 nitrogen and oxygen atoms in total. The summed E-state index contributed by atoms with van der Waals surface area (Å²) < 4.78 is 0. The molecule has 1 aliphatic heterocycles. The molecule has 58 heavy (non-hydrogen) atoms. The maximum absolute atomic E-state index is 2.57. The number of para-hydroxylation sites is 1. The Morgan fingerprint density at radius 2 is 1.00 bits per heavy atom. The molecule has 0 N–H and O–H groups in total. The van der Waals surface area contributed by atoms with Crippen molar-refractivity contribution in [1.29, 1.82) is 0 Å². The molecule has 0 unspecified atom stereocenters. The Morgan fingerprint density at radius 1 is 0.414 bits per heavy atom. The van der Waals surface area contributed by atoms with Crippen LogP contribution in [-0.2, 0) is 10.8 Å². The van der Waals surface area contributed by atoms with Crippen LogP contribution in [-0.4, -0.2) is 0 Å². The molecule has 2 aliphatic rings. The minimum atomic E-state index is -0.665. The van der Waals surface area contributed by atoms with Gasteiger partial charge in [-0.1, -0.05) is 202 Å². The lowest BCUT2D eigenvalue weighted by Crippen LogP contribution is -2.36. The number of fused-ring (bicyclic) bond motifs is 7. The summed E-state index contributed by atoms with van der Waals surface area (Å²) in [5.74, 6) is 0. The molecule has 0 bridgehead atoms. The predicted molar refractivity (Wildman–Crippen MR) is 244 cm³/mol. The summed E-state index contributed by atoms with van der Waals surface area (Å²) in [6.45, 7) is 4.76. The van der Waals surface area contributed by atoms with E-state index in [2.05, 4.69) is 231 Å². The van der Waals surface area contributed by atoms with E-state index in [9.17, 15) is 0 Å². The maximum atomic E-state index is 2.57. The zero-order valence-electron chi connectivity index (χ0n) is 32.6. The molecule has 0 aromatic heterocycles. The van der Waals surface area contributed by atoms with E-state index in [1.165, 1.54) is 76.2 Å². The molecule has 0 spiro atoms. The second-order valence-electron chi connectivity index (χ2n) is 16.0. The number of nitrogens with zero attached hydrogens (tertiary/aromatic N) is 1. The van der Waals surface area contributed by atoms with Gasteiger partial charge in [-0.3, -0.25) is 0 Å². The molecule has 0 amide bonds. The van der Waals surface area contributed by atoms with Gasteiger partial charge in [-0.05, 0) is 91.7 Å². The molecule has 9 aromatic carbocycles. The third-order valence-electron chi connectivity index (χ3n) is 12.6. The second kappa shape index (κ2) is 13.5. The van der Waals surface area contributed by atoms with Crippen molar-refractivity contribution in [3.8, 4) is 22.3 Å². The molecule has 0 radical (unpaired) electrons. The van der Waals surface area contributed by atoms with E-state index in [4.69, 9.17) is 0 Å². The van der Waals surface area contributed by atoms with Crippen molar-refractivity contribution in [2.45, 2.75) is 34.5 Å². The highest BCUT2D eigenvalue weighted by molar-refractivity contribution is 7.99. The summed E-state index contributed by atoms with van der Waals surface area (Å²) in [6.07, 6.45) is 0. The average Bonchev–Trinajstić information content (AvgIpc) is 3.52. The van der Waals surface area contributed by atoms with Crippen molar-refractivity contribution in [3.63, 3.8) is 0 Å². The van der Waals surface area contributed by atoms with Gasteiger partial charge in [-0.25, -0.2) is 0 Å². The van der Waals surface area contributed by atoms with Gasteiger partial charge in [0.25, 0.3) is 0 Å². The van der Waals surface area contributed by atoms with Gasteiger partial charge >= 0.3 is 0 Å². The molecule has 0 atom stereocenters. The molecule has 11 rings (SSSR count). The first-order valence-corrected chi connectivity index (χ1v) is 21.0. The van der Waals surface area contributed by atoms with E-state index in [0.717, 1.165) is 17.1 Å². The molecule has 1 aliphatic carbocycles. The molecular formula is C56H41NS. The van der Waals surface area contributed by atoms with Crippen LogP contribution in [0.25, 0.3) is 33.0 Å². The zero-order chi connectivity index (χ0) is 38.8. The Balaban J connectivity index is 1.28. The normalized spacial score (nSPS) is 14.2. The molecule has 9 aromatic rings. The van der Waals surface area contributed by atoms with Gasteiger partial charge in [0.1, 0.15) is 0 Å². The van der Waals surface area contributed by atoms with Crippen molar-refractivity contribution in [3.05, 3.63) is 246 Å². The smallest absolute Gasteiger partial charge is 0.0750 e. The van der Waals surface area contributed by atoms with Gasteiger partial charge in [0.05, 0.1) is 16.8 Å². The highest BCUT2D eigenvalue weighted by Crippen LogP contribution is 2.61. The Bertz CT molecular complexity index is 2960. The van der Waals surface area contributed by atoms with Crippen LogP contribution in [0.2, 0.25) is 0 Å². The van der Waals surface area contributed by atoms with Crippen LogP contribution < -0.4 is 4.90 Å². The van der Waals surface area contributed by atoms with Crippen molar-refractivity contribution in [1.82, 2.24) is 0 Å². The van der Waals surface area contributed by atoms with Gasteiger partial charge in [0.2, 0.25) is 0 Å². The fraction of sp³-hybridized carbons (Fsp3) is 0.0714. The first-order valence-electron chi connectivity index (χ1n) is 20.2. The van der Waals surface area contributed by atoms with Crippen molar-refractivity contribution < 1.29 is 0 Å². The van der Waals surface area contributed by atoms with Gasteiger partial charge < -0.3 is 4.90 Å². The first kappa shape index (κ1) is 34.6. The molecule has 2 heteroatoms. The number of hydrogen-bond donors (Lipinski definition) is 0. The number of hydrogen-bond acceptors (Lipinski definition) is 2. The Hall–Kier alpha value is -6.61. The number of benzene rings is 9. The van der Waals surface area contributed by atoms with Gasteiger partial charge in [-0.15, -0.1) is 0 Å². The summed E-state index contributed by atoms with van der Waals surface area (Å²) >= 11 is 1.90. The zero-order valence-corrected chi connectivity index (χ0v) is 33.4. The van der Waals surface area contributed by atoms with Crippen LogP contribution >= 0.6 is 11.8 Å². The Labute approximate surface area is 345 Å². The molecule has 0 saturated carbocycles. The lowest BCUT2D eigenvalue weighted by molar-refractivity contribution is 0.660. The fourth-order valence-corrected chi connectivity index (χ4v) is 11.3. The summed E-state index contributed by atoms with van der Waals surface area (Å²) in [5.41, 5.74) is 15.5. The van der Waals surface area contributed by atoms with Crippen molar-refractivity contribution >= 4 is 39.6 Å². The number of rotatable bonds is 6. The average molecular weight is 760 g/mol. The van der Waals surface area contributed by atoms with E-state index in [0.29, 0.717) is 0 Å². The topological polar surface area (TPSA) is 3.24 Å². The van der Waals surface area contributed by atoms with E-state index in [-0.39, 0.29) is 5.41 Å². The van der Waals surface area contributed by atoms with Crippen LogP contribution in [0, 0.1) is 0 Å². The van der Waals surface area contributed by atoms with Crippen LogP contribution in [0.4, 0.5) is 17.1 Å². The summed E-state index contributed by atoms with van der Waals surface area (Å²) in [6, 6.07) is 78.9. The van der Waals surface area contributed by atoms with Gasteiger partial charge in [0.15, 0.2) is 0 Å². The number of anilines is 3. The van der Waals surface area contributed by atoms with E-state index in [1.807, 2.05) is 11.8 Å². The highest BCUT2D eigenvalue weighted by atomic mass is 32.2. The van der Waals surface area contributed by atoms with E-state index < -0.39 is 5.41 Å². The largest absolute Gasteiger partial charge is 0.309 e. The standard InChI is InChI=1S/C56H41NS/c1-55(2)47-29-16-14-28-45(47)46-35-34-42(37-48(46)55)57(49-30-17-15-26-43(49)38-19-6-3-7-20-38)50-31-18-32-51-54(50)56(40-22-8-4-9-23-40,41-24-10-5-11-25-41)53-44-27-13-12-21-39(44)33-36-52(53)58-51/h3-37H,1-2H3.